The summed E-state index contributed by atoms with van der Waals surface area (Å²) in [6, 6.07) is 20.0. The second kappa shape index (κ2) is 15.6. The average Bonchev–Trinajstić information content (AvgIpc) is 3.87. The summed E-state index contributed by atoms with van der Waals surface area (Å²) in [4.78, 5) is 43.5. The van der Waals surface area contributed by atoms with E-state index in [0.717, 1.165) is 113 Å². The number of amides is 2. The van der Waals surface area contributed by atoms with Crippen molar-refractivity contribution in [2.24, 2.45) is 0 Å². The summed E-state index contributed by atoms with van der Waals surface area (Å²) in [5.74, 6) is 0.103. The topological polar surface area (TPSA) is 114 Å². The van der Waals surface area contributed by atoms with Crippen LogP contribution in [0.25, 0.3) is 16.9 Å². The number of benzene rings is 2. The predicted octanol–water partition coefficient (Wildman–Crippen LogP) is 5.41. The summed E-state index contributed by atoms with van der Waals surface area (Å²) in [5.41, 5.74) is 4.92. The lowest BCUT2D eigenvalue weighted by atomic mass is 10.0. The number of imide groups is 1. The smallest absolute Gasteiger partial charge is 0.249 e. The highest BCUT2D eigenvalue weighted by molar-refractivity contribution is 6.01. The molecule has 0 saturated carbocycles. The molecule has 56 heavy (non-hydrogen) atoms. The van der Waals surface area contributed by atoms with Gasteiger partial charge < -0.3 is 15.1 Å². The van der Waals surface area contributed by atoms with Crippen molar-refractivity contribution in [1.82, 2.24) is 34.7 Å². The number of hydrogen-bond donors (Lipinski definition) is 2. The van der Waals surface area contributed by atoms with E-state index in [1.54, 1.807) is 16.8 Å². The van der Waals surface area contributed by atoms with E-state index in [0.29, 0.717) is 30.1 Å². The highest BCUT2D eigenvalue weighted by atomic mass is 19.1. The molecule has 4 fully saturated rings. The number of halogens is 2. The van der Waals surface area contributed by atoms with E-state index < -0.39 is 11.6 Å². The Morgan fingerprint density at radius 2 is 1.66 bits per heavy atom. The molecule has 3 aromatic heterocycles. The van der Waals surface area contributed by atoms with Gasteiger partial charge in [0, 0.05) is 75.2 Å². The van der Waals surface area contributed by atoms with Gasteiger partial charge in [0.05, 0.1) is 23.5 Å². The minimum atomic E-state index is -0.576. The first kappa shape index (κ1) is 36.2. The van der Waals surface area contributed by atoms with Gasteiger partial charge in [-0.15, -0.1) is 0 Å². The Hall–Kier alpha value is -5.47. The SMILES string of the molecule is O=C1CCC(Nc2cccc(CN3CCC(N4CCN(c5cccc(-c6cnn7ccc(N8CCC[C@@H]8c8ccc(F)cc8F)nc67)n5)CC4)CC3)c2)C(=O)N1. The molecule has 0 bridgehead atoms. The minimum absolute atomic E-state index is 0.206. The molecule has 2 amide bonds. The van der Waals surface area contributed by atoms with Gasteiger partial charge in [0.25, 0.3) is 0 Å². The molecule has 2 atom stereocenters. The second-order valence-corrected chi connectivity index (χ2v) is 15.4. The van der Waals surface area contributed by atoms with Gasteiger partial charge in [-0.05, 0) is 87.2 Å². The average molecular weight is 761 g/mol. The van der Waals surface area contributed by atoms with Gasteiger partial charge in [-0.1, -0.05) is 24.3 Å². The van der Waals surface area contributed by atoms with Crippen molar-refractivity contribution in [2.75, 3.05) is 60.9 Å². The van der Waals surface area contributed by atoms with Crippen molar-refractivity contribution >= 4 is 34.8 Å². The van der Waals surface area contributed by atoms with Crippen LogP contribution < -0.4 is 20.4 Å². The van der Waals surface area contributed by atoms with Gasteiger partial charge in [0.1, 0.15) is 29.3 Å². The molecule has 0 radical (unpaired) electrons. The summed E-state index contributed by atoms with van der Waals surface area (Å²) in [6.45, 7) is 7.44. The highest BCUT2D eigenvalue weighted by Gasteiger charge is 2.31. The van der Waals surface area contributed by atoms with E-state index in [1.165, 1.54) is 11.6 Å². The maximum atomic E-state index is 14.8. The van der Waals surface area contributed by atoms with Crippen LogP contribution in [0.4, 0.5) is 26.1 Å². The number of hydrogen-bond acceptors (Lipinski definition) is 10. The first-order chi connectivity index (χ1) is 27.3. The number of likely N-dealkylation sites (tertiary alicyclic amines) is 1. The quantitative estimate of drug-likeness (QED) is 0.189. The molecule has 4 saturated heterocycles. The Balaban J connectivity index is 0.800. The van der Waals surface area contributed by atoms with E-state index in [9.17, 15) is 18.4 Å². The zero-order chi connectivity index (χ0) is 38.2. The van der Waals surface area contributed by atoms with E-state index in [4.69, 9.17) is 9.97 Å². The number of nitrogens with one attached hydrogen (secondary N) is 2. The highest BCUT2D eigenvalue weighted by Crippen LogP contribution is 2.37. The molecule has 290 valence electrons. The number of nitrogens with zero attached hydrogens (tertiary/aromatic N) is 8. The first-order valence-corrected chi connectivity index (χ1v) is 19.8. The Bertz CT molecular complexity index is 2230. The summed E-state index contributed by atoms with van der Waals surface area (Å²) in [6.07, 6.45) is 8.46. The number of aromatic nitrogens is 4. The van der Waals surface area contributed by atoms with E-state index in [-0.39, 0.29) is 23.9 Å². The maximum absolute atomic E-state index is 14.8. The number of anilines is 3. The lowest BCUT2D eigenvalue weighted by Gasteiger charge is -2.43. The summed E-state index contributed by atoms with van der Waals surface area (Å²) in [5, 5.41) is 10.3. The molecule has 14 heteroatoms. The number of piperazine rings is 1. The molecule has 4 aliphatic heterocycles. The van der Waals surface area contributed by atoms with E-state index in [2.05, 4.69) is 53.5 Å². The third-order valence-corrected chi connectivity index (χ3v) is 11.9. The number of carbonyl (C=O) groups excluding carboxylic acids is 2. The lowest BCUT2D eigenvalue weighted by molar-refractivity contribution is -0.133. The van der Waals surface area contributed by atoms with Crippen molar-refractivity contribution in [3.05, 3.63) is 102 Å². The van der Waals surface area contributed by atoms with Gasteiger partial charge in [0.2, 0.25) is 11.8 Å². The Kier molecular flexibility index (Phi) is 10.1. The van der Waals surface area contributed by atoms with Crippen molar-refractivity contribution in [1.29, 1.82) is 0 Å². The molecule has 0 aliphatic carbocycles. The standard InChI is InChI=1S/C42H46F2N10O2/c43-29-9-10-32(34(44)25-29)37-7-3-16-53(37)39-15-19-54-41(48-39)33(26-45-54)35-6-2-8-38(47-35)52-22-20-51(21-23-52)31-13-17-50(18-14-31)27-28-4-1-5-30(24-28)46-36-11-12-40(55)49-42(36)56/h1-2,4-6,8-10,15,19,24-26,31,36-37,46H,3,7,11-14,16-18,20-23,27H2,(H,49,55,56)/t36?,37-/m1/s1. The van der Waals surface area contributed by atoms with Gasteiger partial charge in [-0.3, -0.25) is 24.7 Å². The van der Waals surface area contributed by atoms with Crippen molar-refractivity contribution in [3.8, 4) is 11.3 Å². The van der Waals surface area contributed by atoms with Crippen LogP contribution in [0.5, 0.6) is 0 Å². The Morgan fingerprint density at radius 3 is 2.48 bits per heavy atom. The molecular formula is C42H46F2N10O2. The molecule has 5 aromatic rings. The molecule has 2 aromatic carbocycles. The fourth-order valence-electron chi connectivity index (χ4n) is 8.89. The van der Waals surface area contributed by atoms with Gasteiger partial charge in [0.15, 0.2) is 5.65 Å². The zero-order valence-electron chi connectivity index (χ0n) is 31.3. The number of carbonyl (C=O) groups is 2. The second-order valence-electron chi connectivity index (χ2n) is 15.4. The van der Waals surface area contributed by atoms with E-state index in [1.807, 2.05) is 36.5 Å². The number of pyridine rings is 1. The van der Waals surface area contributed by atoms with Crippen molar-refractivity contribution < 1.29 is 18.4 Å². The van der Waals surface area contributed by atoms with Crippen LogP contribution in [-0.4, -0.2) is 99.1 Å². The molecule has 7 heterocycles. The van der Waals surface area contributed by atoms with Crippen LogP contribution in [0.3, 0.4) is 0 Å². The number of rotatable bonds is 9. The summed E-state index contributed by atoms with van der Waals surface area (Å²) >= 11 is 0. The third kappa shape index (κ3) is 7.55. The lowest BCUT2D eigenvalue weighted by Crippen LogP contribution is -2.53. The molecule has 1 unspecified atom stereocenters. The third-order valence-electron chi connectivity index (χ3n) is 11.9. The van der Waals surface area contributed by atoms with Crippen molar-refractivity contribution in [2.45, 2.75) is 63.2 Å². The number of fused-ring (bicyclic) bond motifs is 1. The van der Waals surface area contributed by atoms with Gasteiger partial charge in [-0.25, -0.2) is 23.3 Å². The van der Waals surface area contributed by atoms with Crippen LogP contribution in [-0.2, 0) is 16.1 Å². The van der Waals surface area contributed by atoms with Crippen LogP contribution in [0, 0.1) is 11.6 Å². The Labute approximate surface area is 324 Å². The molecule has 12 nitrogen and oxygen atoms in total. The fraction of sp³-hybridized carbons (Fsp3) is 0.405. The largest absolute Gasteiger partial charge is 0.374 e. The summed E-state index contributed by atoms with van der Waals surface area (Å²) in [7, 11) is 0. The minimum Gasteiger partial charge on any atom is -0.374 e. The zero-order valence-corrected chi connectivity index (χ0v) is 31.3. The van der Waals surface area contributed by atoms with Crippen LogP contribution >= 0.6 is 0 Å². The molecule has 2 N–H and O–H groups in total. The monoisotopic (exact) mass is 760 g/mol. The summed E-state index contributed by atoms with van der Waals surface area (Å²) < 4.78 is 30.2. The predicted molar refractivity (Wildman–Crippen MR) is 210 cm³/mol. The normalized spacial score (nSPS) is 21.5. The molecule has 9 rings (SSSR count). The van der Waals surface area contributed by atoms with Gasteiger partial charge >= 0.3 is 0 Å². The van der Waals surface area contributed by atoms with Gasteiger partial charge in [-0.2, -0.15) is 5.10 Å². The first-order valence-electron chi connectivity index (χ1n) is 19.8. The molecular weight excluding hydrogens is 715 g/mol. The number of piperidine rings is 2. The van der Waals surface area contributed by atoms with E-state index >= 15 is 0 Å². The molecule has 0 spiro atoms. The van der Waals surface area contributed by atoms with Crippen LogP contribution in [0.15, 0.2) is 79.1 Å². The maximum Gasteiger partial charge on any atom is 0.249 e. The van der Waals surface area contributed by atoms with Crippen LogP contribution in [0.2, 0.25) is 0 Å². The van der Waals surface area contributed by atoms with Crippen molar-refractivity contribution in [3.63, 3.8) is 0 Å². The van der Waals surface area contributed by atoms with Crippen LogP contribution in [0.1, 0.15) is 55.7 Å². The Morgan fingerprint density at radius 1 is 0.821 bits per heavy atom. The molecule has 4 aliphatic rings. The fourth-order valence-corrected chi connectivity index (χ4v) is 8.89.